The van der Waals surface area contributed by atoms with Gasteiger partial charge in [0, 0.05) is 0 Å². The minimum atomic E-state index is 0.0831. The summed E-state index contributed by atoms with van der Waals surface area (Å²) in [4.78, 5) is 0. The predicted octanol–water partition coefficient (Wildman–Crippen LogP) is 4.13. The van der Waals surface area contributed by atoms with Crippen LogP contribution < -0.4 is 10.6 Å². The highest BCUT2D eigenvalue weighted by Gasteiger charge is 2.44. The average Bonchev–Trinajstić information content (AvgIpc) is 3.35. The quantitative estimate of drug-likeness (QED) is 0.890. The summed E-state index contributed by atoms with van der Waals surface area (Å²) >= 11 is 6.55. The van der Waals surface area contributed by atoms with Crippen LogP contribution in [0, 0.1) is 0 Å². The summed E-state index contributed by atoms with van der Waals surface area (Å²) in [5.41, 5.74) is 5.44. The molecule has 0 radical (unpaired) electrons. The van der Waals surface area contributed by atoms with Gasteiger partial charge in [0.05, 0.1) is 16.2 Å². The van der Waals surface area contributed by atoms with Crippen LogP contribution in [0.4, 0.5) is 5.69 Å². The number of fused-ring (bicyclic) bond motifs is 1. The molecule has 2 aromatic rings. The van der Waals surface area contributed by atoms with Crippen LogP contribution in [-0.4, -0.2) is 13.1 Å². The van der Waals surface area contributed by atoms with Gasteiger partial charge in [-0.15, -0.1) is 0 Å². The second kappa shape index (κ2) is 5.60. The van der Waals surface area contributed by atoms with E-state index in [9.17, 15) is 0 Å². The summed E-state index contributed by atoms with van der Waals surface area (Å²) in [5, 5.41) is 8.14. The monoisotopic (exact) mass is 312 g/mol. The summed E-state index contributed by atoms with van der Waals surface area (Å²) in [6, 6.07) is 15.0. The van der Waals surface area contributed by atoms with Crippen molar-refractivity contribution in [3.05, 3.63) is 64.2 Å². The van der Waals surface area contributed by atoms with Gasteiger partial charge in [0.15, 0.2) is 0 Å². The van der Waals surface area contributed by atoms with Gasteiger partial charge in [0.25, 0.3) is 0 Å². The van der Waals surface area contributed by atoms with Crippen molar-refractivity contribution in [3.8, 4) is 0 Å². The van der Waals surface area contributed by atoms with Gasteiger partial charge in [-0.25, -0.2) is 0 Å². The van der Waals surface area contributed by atoms with E-state index >= 15 is 0 Å². The van der Waals surface area contributed by atoms with E-state index in [1.54, 1.807) is 0 Å². The van der Waals surface area contributed by atoms with E-state index in [1.165, 1.54) is 29.5 Å². The Morgan fingerprint density at radius 1 is 0.955 bits per heavy atom. The Morgan fingerprint density at radius 3 is 2.50 bits per heavy atom. The Morgan fingerprint density at radius 2 is 1.73 bits per heavy atom. The lowest BCUT2D eigenvalue weighted by Gasteiger charge is -2.24. The molecule has 22 heavy (non-hydrogen) atoms. The molecule has 4 rings (SSSR count). The summed E-state index contributed by atoms with van der Waals surface area (Å²) in [6.07, 6.45) is 4.48. The van der Waals surface area contributed by atoms with Gasteiger partial charge in [-0.2, -0.15) is 0 Å². The zero-order valence-electron chi connectivity index (χ0n) is 12.7. The lowest BCUT2D eigenvalue weighted by molar-refractivity contribution is 0.710. The minimum absolute atomic E-state index is 0.0831. The molecule has 114 valence electrons. The van der Waals surface area contributed by atoms with Gasteiger partial charge in [0.1, 0.15) is 0 Å². The fourth-order valence-corrected chi connectivity index (χ4v) is 3.71. The van der Waals surface area contributed by atoms with E-state index in [2.05, 4.69) is 53.1 Å². The molecule has 1 saturated carbocycles. The molecule has 0 atom stereocenters. The van der Waals surface area contributed by atoms with Crippen molar-refractivity contribution >= 4 is 17.3 Å². The Balaban J connectivity index is 1.72. The van der Waals surface area contributed by atoms with Gasteiger partial charge in [0.2, 0.25) is 0 Å². The Bertz CT molecular complexity index is 677. The fraction of sp³-hybridized carbons (Fsp3) is 0.368. The molecule has 1 aliphatic carbocycles. The zero-order valence-corrected chi connectivity index (χ0v) is 13.4. The maximum Gasteiger partial charge on any atom is 0.0640 e. The van der Waals surface area contributed by atoms with Crippen LogP contribution in [0.25, 0.3) is 0 Å². The lowest BCUT2D eigenvalue weighted by Crippen LogP contribution is -2.20. The Kier molecular flexibility index (Phi) is 3.59. The minimum Gasteiger partial charge on any atom is -0.374 e. The largest absolute Gasteiger partial charge is 0.374 e. The van der Waals surface area contributed by atoms with Crippen LogP contribution in [0.2, 0.25) is 5.02 Å². The molecule has 0 amide bonds. The first-order chi connectivity index (χ1) is 10.8. The fourth-order valence-electron chi connectivity index (χ4n) is 3.49. The van der Waals surface area contributed by atoms with Crippen molar-refractivity contribution in [1.82, 2.24) is 5.32 Å². The molecule has 1 aliphatic heterocycles. The number of benzene rings is 2. The normalized spacial score (nSPS) is 19.1. The third-order valence-electron chi connectivity index (χ3n) is 4.92. The number of anilines is 1. The second-order valence-corrected chi connectivity index (χ2v) is 6.79. The van der Waals surface area contributed by atoms with E-state index in [4.69, 9.17) is 11.6 Å². The molecular formula is C19H21ClN2. The van der Waals surface area contributed by atoms with E-state index in [0.29, 0.717) is 0 Å². The third kappa shape index (κ3) is 2.51. The third-order valence-corrected chi connectivity index (χ3v) is 5.24. The van der Waals surface area contributed by atoms with Crippen LogP contribution in [0.3, 0.4) is 0 Å². The van der Waals surface area contributed by atoms with Crippen LogP contribution in [0.1, 0.15) is 29.5 Å². The van der Waals surface area contributed by atoms with Crippen molar-refractivity contribution in [2.45, 2.75) is 31.2 Å². The van der Waals surface area contributed by atoms with Crippen molar-refractivity contribution in [1.29, 1.82) is 0 Å². The van der Waals surface area contributed by atoms with Crippen molar-refractivity contribution in [2.75, 3.05) is 18.4 Å². The maximum atomic E-state index is 6.55. The highest BCUT2D eigenvalue weighted by Crippen LogP contribution is 2.50. The van der Waals surface area contributed by atoms with E-state index in [0.717, 1.165) is 36.6 Å². The first kappa shape index (κ1) is 14.1. The molecule has 0 bridgehead atoms. The predicted molar refractivity (Wildman–Crippen MR) is 92.7 cm³/mol. The van der Waals surface area contributed by atoms with Crippen molar-refractivity contribution in [2.24, 2.45) is 0 Å². The molecule has 0 unspecified atom stereocenters. The number of halogens is 1. The average molecular weight is 313 g/mol. The standard InChI is InChI=1S/C19H21ClN2/c20-17-7-6-14-8-12-21-13-9-16(14)18(17)22-19(10-11-19)15-4-2-1-3-5-15/h1-7,21-22H,8-13H2. The first-order valence-electron chi connectivity index (χ1n) is 8.13. The van der Waals surface area contributed by atoms with E-state index in [1.807, 2.05) is 0 Å². The Labute approximate surface area is 136 Å². The molecular weight excluding hydrogens is 292 g/mol. The van der Waals surface area contributed by atoms with E-state index < -0.39 is 0 Å². The first-order valence-corrected chi connectivity index (χ1v) is 8.51. The maximum absolute atomic E-state index is 6.55. The van der Waals surface area contributed by atoms with Crippen LogP contribution in [0.5, 0.6) is 0 Å². The van der Waals surface area contributed by atoms with Crippen LogP contribution >= 0.6 is 11.6 Å². The number of hydrogen-bond acceptors (Lipinski definition) is 2. The molecule has 3 heteroatoms. The summed E-state index contributed by atoms with van der Waals surface area (Å²) in [6.45, 7) is 2.08. The molecule has 1 fully saturated rings. The van der Waals surface area contributed by atoms with Crippen molar-refractivity contribution in [3.63, 3.8) is 0 Å². The van der Waals surface area contributed by atoms with Crippen LogP contribution in [-0.2, 0) is 18.4 Å². The Hall–Kier alpha value is -1.51. The molecule has 2 aliphatic rings. The van der Waals surface area contributed by atoms with Crippen LogP contribution in [0.15, 0.2) is 42.5 Å². The SMILES string of the molecule is Clc1ccc2c(c1NC1(c3ccccc3)CC1)CCNCC2. The molecule has 0 spiro atoms. The van der Waals surface area contributed by atoms with Gasteiger partial charge in [-0.05, 0) is 61.5 Å². The number of nitrogens with one attached hydrogen (secondary N) is 2. The summed E-state index contributed by atoms with van der Waals surface area (Å²) in [7, 11) is 0. The van der Waals surface area contributed by atoms with Crippen molar-refractivity contribution < 1.29 is 0 Å². The molecule has 0 aromatic heterocycles. The van der Waals surface area contributed by atoms with Gasteiger partial charge < -0.3 is 10.6 Å². The molecule has 2 N–H and O–H groups in total. The van der Waals surface area contributed by atoms with Gasteiger partial charge in [-0.3, -0.25) is 0 Å². The number of rotatable bonds is 3. The molecule has 2 nitrogen and oxygen atoms in total. The molecule has 2 aromatic carbocycles. The van der Waals surface area contributed by atoms with Gasteiger partial charge in [-0.1, -0.05) is 48.0 Å². The second-order valence-electron chi connectivity index (χ2n) is 6.38. The zero-order chi connectivity index (χ0) is 15.0. The summed E-state index contributed by atoms with van der Waals surface area (Å²) < 4.78 is 0. The molecule has 1 heterocycles. The smallest absolute Gasteiger partial charge is 0.0640 e. The highest BCUT2D eigenvalue weighted by molar-refractivity contribution is 6.33. The highest BCUT2D eigenvalue weighted by atomic mass is 35.5. The number of hydrogen-bond donors (Lipinski definition) is 2. The van der Waals surface area contributed by atoms with Gasteiger partial charge >= 0.3 is 0 Å². The van der Waals surface area contributed by atoms with E-state index in [-0.39, 0.29) is 5.54 Å². The lowest BCUT2D eigenvalue weighted by atomic mass is 9.98. The topological polar surface area (TPSA) is 24.1 Å². The summed E-state index contributed by atoms with van der Waals surface area (Å²) in [5.74, 6) is 0. The molecule has 0 saturated heterocycles.